The number of hydrogen-bond donors (Lipinski definition) is 2. The summed E-state index contributed by atoms with van der Waals surface area (Å²) in [5.41, 5.74) is 9.15. The van der Waals surface area contributed by atoms with Crippen LogP contribution in [-0.4, -0.2) is 5.91 Å². The van der Waals surface area contributed by atoms with Crippen LogP contribution in [0, 0.1) is 6.92 Å². The molecule has 3 nitrogen and oxygen atoms in total. The van der Waals surface area contributed by atoms with Crippen molar-refractivity contribution in [3.8, 4) is 0 Å². The van der Waals surface area contributed by atoms with E-state index in [0.717, 1.165) is 21.3 Å². The summed E-state index contributed by atoms with van der Waals surface area (Å²) in [4.78, 5) is 12.0. The van der Waals surface area contributed by atoms with Crippen LogP contribution in [0.1, 0.15) is 11.1 Å². The Morgan fingerprint density at radius 1 is 1.21 bits per heavy atom. The molecule has 2 aromatic carbocycles. The van der Waals surface area contributed by atoms with Crippen molar-refractivity contribution in [2.24, 2.45) is 0 Å². The first-order chi connectivity index (χ1) is 9.04. The molecule has 0 aliphatic carbocycles. The fraction of sp³-hybridized carbons (Fsp3) is 0.133. The topological polar surface area (TPSA) is 55.1 Å². The van der Waals surface area contributed by atoms with Crippen LogP contribution in [0.2, 0.25) is 0 Å². The molecule has 98 valence electrons. The summed E-state index contributed by atoms with van der Waals surface area (Å²) in [6, 6.07) is 13.2. The Kier molecular flexibility index (Phi) is 4.22. The molecule has 0 aliphatic rings. The van der Waals surface area contributed by atoms with E-state index >= 15 is 0 Å². The third-order valence-corrected chi connectivity index (χ3v) is 3.43. The zero-order valence-corrected chi connectivity index (χ0v) is 12.2. The quantitative estimate of drug-likeness (QED) is 0.851. The lowest BCUT2D eigenvalue weighted by Crippen LogP contribution is -2.14. The van der Waals surface area contributed by atoms with Gasteiger partial charge in [-0.15, -0.1) is 0 Å². The van der Waals surface area contributed by atoms with E-state index in [0.29, 0.717) is 12.1 Å². The summed E-state index contributed by atoms with van der Waals surface area (Å²) in [7, 11) is 0. The van der Waals surface area contributed by atoms with Gasteiger partial charge in [0.2, 0.25) is 5.91 Å². The molecule has 0 aliphatic heterocycles. The number of carbonyl (C=O) groups excluding carboxylic acids is 1. The van der Waals surface area contributed by atoms with Gasteiger partial charge < -0.3 is 11.1 Å². The largest absolute Gasteiger partial charge is 0.399 e. The molecule has 0 saturated heterocycles. The Morgan fingerprint density at radius 2 is 1.89 bits per heavy atom. The standard InChI is InChI=1S/C15H15BrN2O/c1-10-2-7-13(16)14(8-10)18-15(19)9-11-3-5-12(17)6-4-11/h2-8H,9,17H2,1H3,(H,18,19). The van der Waals surface area contributed by atoms with Gasteiger partial charge in [-0.3, -0.25) is 4.79 Å². The molecule has 0 radical (unpaired) electrons. The predicted molar refractivity (Wildman–Crippen MR) is 82.1 cm³/mol. The monoisotopic (exact) mass is 318 g/mol. The number of aryl methyl sites for hydroxylation is 1. The molecule has 0 bridgehead atoms. The van der Waals surface area contributed by atoms with Crippen LogP contribution in [0.3, 0.4) is 0 Å². The smallest absolute Gasteiger partial charge is 0.228 e. The minimum atomic E-state index is -0.0453. The molecule has 0 unspecified atom stereocenters. The highest BCUT2D eigenvalue weighted by molar-refractivity contribution is 9.10. The zero-order valence-electron chi connectivity index (χ0n) is 10.6. The van der Waals surface area contributed by atoms with Gasteiger partial charge in [-0.25, -0.2) is 0 Å². The van der Waals surface area contributed by atoms with Crippen LogP contribution < -0.4 is 11.1 Å². The zero-order chi connectivity index (χ0) is 13.8. The number of nitrogens with one attached hydrogen (secondary N) is 1. The molecule has 0 heterocycles. The number of hydrogen-bond acceptors (Lipinski definition) is 2. The van der Waals surface area contributed by atoms with E-state index in [-0.39, 0.29) is 5.91 Å². The lowest BCUT2D eigenvalue weighted by Gasteiger charge is -2.08. The summed E-state index contributed by atoms with van der Waals surface area (Å²) < 4.78 is 0.878. The molecule has 19 heavy (non-hydrogen) atoms. The highest BCUT2D eigenvalue weighted by atomic mass is 79.9. The third kappa shape index (κ3) is 3.83. The number of nitrogens with two attached hydrogens (primary N) is 1. The van der Waals surface area contributed by atoms with E-state index in [1.165, 1.54) is 0 Å². The molecule has 3 N–H and O–H groups in total. The van der Waals surface area contributed by atoms with E-state index in [4.69, 9.17) is 5.73 Å². The van der Waals surface area contributed by atoms with Gasteiger partial charge in [-0.1, -0.05) is 18.2 Å². The van der Waals surface area contributed by atoms with Crippen LogP contribution in [-0.2, 0) is 11.2 Å². The number of anilines is 2. The summed E-state index contributed by atoms with van der Waals surface area (Å²) >= 11 is 3.42. The van der Waals surface area contributed by atoms with Crippen molar-refractivity contribution in [3.63, 3.8) is 0 Å². The van der Waals surface area contributed by atoms with Crippen molar-refractivity contribution < 1.29 is 4.79 Å². The Hall–Kier alpha value is -1.81. The molecule has 0 aromatic heterocycles. The molecule has 2 aromatic rings. The highest BCUT2D eigenvalue weighted by Gasteiger charge is 2.07. The number of carbonyl (C=O) groups is 1. The minimum Gasteiger partial charge on any atom is -0.399 e. The van der Waals surface area contributed by atoms with Gasteiger partial charge in [0.1, 0.15) is 0 Å². The average molecular weight is 319 g/mol. The number of rotatable bonds is 3. The van der Waals surface area contributed by atoms with Gasteiger partial charge in [0.15, 0.2) is 0 Å². The van der Waals surface area contributed by atoms with Crippen LogP contribution >= 0.6 is 15.9 Å². The second-order valence-corrected chi connectivity index (χ2v) is 5.30. The summed E-state index contributed by atoms with van der Waals surface area (Å²) in [5, 5.41) is 2.90. The lowest BCUT2D eigenvalue weighted by molar-refractivity contribution is -0.115. The number of nitrogen functional groups attached to an aromatic ring is 1. The maximum atomic E-state index is 12.0. The maximum Gasteiger partial charge on any atom is 0.228 e. The molecule has 0 saturated carbocycles. The molecule has 1 amide bonds. The summed E-state index contributed by atoms with van der Waals surface area (Å²) in [6.07, 6.45) is 0.334. The minimum absolute atomic E-state index is 0.0453. The van der Waals surface area contributed by atoms with Gasteiger partial charge >= 0.3 is 0 Å². The number of amides is 1. The first-order valence-corrected chi connectivity index (χ1v) is 6.74. The van der Waals surface area contributed by atoms with E-state index in [2.05, 4.69) is 21.2 Å². The van der Waals surface area contributed by atoms with Crippen LogP contribution in [0.4, 0.5) is 11.4 Å². The Labute approximate surface area is 121 Å². The summed E-state index contributed by atoms with van der Waals surface area (Å²) in [6.45, 7) is 1.99. The van der Waals surface area contributed by atoms with Gasteiger partial charge in [-0.05, 0) is 58.2 Å². The van der Waals surface area contributed by atoms with Gasteiger partial charge in [0, 0.05) is 10.2 Å². The normalized spacial score (nSPS) is 10.2. The maximum absolute atomic E-state index is 12.0. The van der Waals surface area contributed by atoms with Crippen LogP contribution in [0.15, 0.2) is 46.9 Å². The fourth-order valence-electron chi connectivity index (χ4n) is 1.75. The van der Waals surface area contributed by atoms with Crippen molar-refractivity contribution in [1.82, 2.24) is 0 Å². The summed E-state index contributed by atoms with van der Waals surface area (Å²) in [5.74, 6) is -0.0453. The number of benzene rings is 2. The second-order valence-electron chi connectivity index (χ2n) is 4.45. The van der Waals surface area contributed by atoms with E-state index in [9.17, 15) is 4.79 Å². The molecule has 0 spiro atoms. The first-order valence-electron chi connectivity index (χ1n) is 5.95. The SMILES string of the molecule is Cc1ccc(Br)c(NC(=O)Cc2ccc(N)cc2)c1. The van der Waals surface area contributed by atoms with Crippen LogP contribution in [0.25, 0.3) is 0 Å². The lowest BCUT2D eigenvalue weighted by atomic mass is 10.1. The number of halogens is 1. The van der Waals surface area contributed by atoms with Crippen LogP contribution in [0.5, 0.6) is 0 Å². The van der Waals surface area contributed by atoms with Crippen molar-refractivity contribution in [2.75, 3.05) is 11.1 Å². The van der Waals surface area contributed by atoms with E-state index < -0.39 is 0 Å². The van der Waals surface area contributed by atoms with E-state index in [1.54, 1.807) is 12.1 Å². The molecular formula is C15H15BrN2O. The molecular weight excluding hydrogens is 304 g/mol. The van der Waals surface area contributed by atoms with Crippen molar-refractivity contribution in [3.05, 3.63) is 58.1 Å². The van der Waals surface area contributed by atoms with Crippen molar-refractivity contribution in [2.45, 2.75) is 13.3 Å². The Bertz CT molecular complexity index is 594. The van der Waals surface area contributed by atoms with Crippen molar-refractivity contribution in [1.29, 1.82) is 0 Å². The molecule has 4 heteroatoms. The highest BCUT2D eigenvalue weighted by Crippen LogP contribution is 2.23. The van der Waals surface area contributed by atoms with Gasteiger partial charge in [0.25, 0.3) is 0 Å². The Balaban J connectivity index is 2.05. The Morgan fingerprint density at radius 3 is 2.58 bits per heavy atom. The first kappa shape index (κ1) is 13.6. The molecule has 0 atom stereocenters. The third-order valence-electron chi connectivity index (χ3n) is 2.74. The predicted octanol–water partition coefficient (Wildman–Crippen LogP) is 3.52. The van der Waals surface area contributed by atoms with E-state index in [1.807, 2.05) is 37.3 Å². The molecule has 2 rings (SSSR count). The average Bonchev–Trinajstić information content (AvgIpc) is 2.37. The fourth-order valence-corrected chi connectivity index (χ4v) is 2.10. The van der Waals surface area contributed by atoms with Gasteiger partial charge in [-0.2, -0.15) is 0 Å². The van der Waals surface area contributed by atoms with Gasteiger partial charge in [0.05, 0.1) is 12.1 Å². The second kappa shape index (κ2) is 5.89. The van der Waals surface area contributed by atoms with Crippen molar-refractivity contribution >= 4 is 33.2 Å². The molecule has 0 fully saturated rings.